The minimum absolute atomic E-state index is 0.0172. The molecule has 9 nitrogen and oxygen atoms in total. The van der Waals surface area contributed by atoms with E-state index in [0.29, 0.717) is 38.3 Å². The number of aliphatic imine (C=N–C) groups is 1. The topological polar surface area (TPSA) is 99.6 Å². The number of rotatable bonds is 10. The van der Waals surface area contributed by atoms with E-state index >= 15 is 0 Å². The molecule has 0 bridgehead atoms. The molecule has 0 atom stereocenters. The molecule has 2 amide bonds. The summed E-state index contributed by atoms with van der Waals surface area (Å²) in [4.78, 5) is 32.8. The Balaban J connectivity index is 1.47. The first-order valence-electron chi connectivity index (χ1n) is 13.0. The first-order valence-corrected chi connectivity index (χ1v) is 15.2. The molecule has 1 aliphatic rings. The van der Waals surface area contributed by atoms with E-state index in [9.17, 15) is 18.0 Å². The van der Waals surface area contributed by atoms with Crippen molar-refractivity contribution in [2.75, 3.05) is 40.3 Å². The van der Waals surface area contributed by atoms with Gasteiger partial charge < -0.3 is 9.64 Å². The van der Waals surface area contributed by atoms with Crippen molar-refractivity contribution in [2.24, 2.45) is 4.99 Å². The van der Waals surface area contributed by atoms with Gasteiger partial charge in [0.25, 0.3) is 0 Å². The van der Waals surface area contributed by atoms with Crippen molar-refractivity contribution >= 4 is 51.1 Å². The van der Waals surface area contributed by atoms with Gasteiger partial charge in [0.15, 0.2) is 0 Å². The fourth-order valence-electron chi connectivity index (χ4n) is 4.05. The van der Waals surface area contributed by atoms with Crippen molar-refractivity contribution in [3.63, 3.8) is 0 Å². The van der Waals surface area contributed by atoms with Crippen LogP contribution in [-0.4, -0.2) is 86.2 Å². The molecule has 3 rings (SSSR count). The van der Waals surface area contributed by atoms with E-state index in [0.717, 1.165) is 11.1 Å². The van der Waals surface area contributed by atoms with Gasteiger partial charge in [-0.05, 0) is 51.3 Å². The lowest BCUT2D eigenvalue weighted by Crippen LogP contribution is -2.39. The molecule has 218 valence electrons. The molecule has 0 unspecified atom stereocenters. The SMILES string of the molecule is CN(CCc1ccc(C2=NCCN2C(=O)OC(C)(C)C)cc1)C(=O)CCCN(C)S(=O)(=O)c1cccc(Cl)c1Cl. The quantitative estimate of drug-likeness (QED) is 0.373. The number of carbonyl (C=O) groups is 2. The van der Waals surface area contributed by atoms with Crippen LogP contribution in [0.2, 0.25) is 10.0 Å². The van der Waals surface area contributed by atoms with Crippen LogP contribution in [0.1, 0.15) is 44.7 Å². The molecule has 0 fully saturated rings. The van der Waals surface area contributed by atoms with Crippen LogP contribution in [0, 0.1) is 0 Å². The fraction of sp³-hybridized carbons (Fsp3) is 0.464. The summed E-state index contributed by atoms with van der Waals surface area (Å²) < 4.78 is 32.4. The highest BCUT2D eigenvalue weighted by atomic mass is 35.5. The maximum atomic E-state index is 12.8. The van der Waals surface area contributed by atoms with Crippen LogP contribution in [0.3, 0.4) is 0 Å². The lowest BCUT2D eigenvalue weighted by Gasteiger charge is -2.25. The van der Waals surface area contributed by atoms with Crippen LogP contribution in [0.4, 0.5) is 4.79 Å². The monoisotopic (exact) mass is 610 g/mol. The molecule has 0 aliphatic carbocycles. The molecular formula is C28H36Cl2N4O5S. The third-order valence-electron chi connectivity index (χ3n) is 6.30. The third kappa shape index (κ3) is 8.19. The van der Waals surface area contributed by atoms with Crippen LogP contribution in [0.5, 0.6) is 0 Å². The first-order chi connectivity index (χ1) is 18.7. The summed E-state index contributed by atoms with van der Waals surface area (Å²) in [6.45, 7) is 7.17. The van der Waals surface area contributed by atoms with E-state index in [1.165, 1.54) is 29.6 Å². The Kier molecular flexibility index (Phi) is 10.6. The second-order valence-electron chi connectivity index (χ2n) is 10.6. The molecule has 0 aromatic heterocycles. The number of sulfonamides is 1. The van der Waals surface area contributed by atoms with Gasteiger partial charge in [0.2, 0.25) is 15.9 Å². The highest BCUT2D eigenvalue weighted by Gasteiger charge is 2.29. The number of amidine groups is 1. The highest BCUT2D eigenvalue weighted by Crippen LogP contribution is 2.30. The number of benzene rings is 2. The largest absolute Gasteiger partial charge is 0.443 e. The number of nitrogens with zero attached hydrogens (tertiary/aromatic N) is 4. The average molecular weight is 612 g/mol. The van der Waals surface area contributed by atoms with Gasteiger partial charge >= 0.3 is 6.09 Å². The van der Waals surface area contributed by atoms with Crippen molar-refractivity contribution in [1.82, 2.24) is 14.1 Å². The molecule has 0 spiro atoms. The number of amides is 2. The van der Waals surface area contributed by atoms with Crippen LogP contribution >= 0.6 is 23.2 Å². The molecule has 2 aromatic rings. The van der Waals surface area contributed by atoms with E-state index in [-0.39, 0.29) is 33.8 Å². The predicted octanol–water partition coefficient (Wildman–Crippen LogP) is 5.09. The summed E-state index contributed by atoms with van der Waals surface area (Å²) in [5, 5.41) is 0.147. The Bertz CT molecular complexity index is 1360. The van der Waals surface area contributed by atoms with Gasteiger partial charge in [-0.25, -0.2) is 17.5 Å². The van der Waals surface area contributed by atoms with Crippen molar-refractivity contribution < 1.29 is 22.7 Å². The molecule has 0 saturated carbocycles. The molecule has 40 heavy (non-hydrogen) atoms. The lowest BCUT2D eigenvalue weighted by molar-refractivity contribution is -0.130. The molecular weight excluding hydrogens is 575 g/mol. The van der Waals surface area contributed by atoms with Gasteiger partial charge in [-0.1, -0.05) is 53.5 Å². The maximum absolute atomic E-state index is 12.8. The van der Waals surface area contributed by atoms with E-state index in [4.69, 9.17) is 27.9 Å². The summed E-state index contributed by atoms with van der Waals surface area (Å²) >= 11 is 12.1. The second kappa shape index (κ2) is 13.3. The number of likely N-dealkylation sites (N-methyl/N-ethyl adjacent to an activating group) is 1. The van der Waals surface area contributed by atoms with Crippen LogP contribution in [-0.2, 0) is 26.0 Å². The zero-order valence-corrected chi connectivity index (χ0v) is 25.8. The lowest BCUT2D eigenvalue weighted by atomic mass is 10.1. The number of ether oxygens (including phenoxy) is 1. The minimum Gasteiger partial charge on any atom is -0.443 e. The van der Waals surface area contributed by atoms with Gasteiger partial charge in [0.05, 0.1) is 23.1 Å². The molecule has 0 N–H and O–H groups in total. The minimum atomic E-state index is -3.83. The first kappa shape index (κ1) is 31.9. The van der Waals surface area contributed by atoms with E-state index < -0.39 is 21.7 Å². The van der Waals surface area contributed by atoms with Gasteiger partial charge in [-0.2, -0.15) is 0 Å². The van der Waals surface area contributed by atoms with Crippen molar-refractivity contribution in [3.05, 3.63) is 63.6 Å². The number of hydrogen-bond donors (Lipinski definition) is 0. The molecule has 2 aromatic carbocycles. The summed E-state index contributed by atoms with van der Waals surface area (Å²) in [7, 11) is -0.644. The third-order valence-corrected chi connectivity index (χ3v) is 9.13. The standard InChI is InChI=1S/C28H36Cl2N4O5S/c1-28(2,3)39-27(36)34-19-16-31-26(34)21-13-11-20(12-14-21)15-18-32(4)24(35)10-7-17-33(5)40(37,38)23-9-6-8-22(29)25(23)30/h6,8-9,11-14H,7,10,15-19H2,1-5H3. The molecule has 1 aliphatic heterocycles. The highest BCUT2D eigenvalue weighted by molar-refractivity contribution is 7.89. The second-order valence-corrected chi connectivity index (χ2v) is 13.4. The summed E-state index contributed by atoms with van der Waals surface area (Å²) in [6, 6.07) is 12.2. The van der Waals surface area contributed by atoms with E-state index in [1.54, 1.807) is 16.8 Å². The number of halogens is 2. The molecule has 1 heterocycles. The Morgan fingerprint density at radius 2 is 1.73 bits per heavy atom. The normalized spacial score (nSPS) is 13.9. The Morgan fingerprint density at radius 3 is 2.38 bits per heavy atom. The van der Waals surface area contributed by atoms with E-state index in [2.05, 4.69) is 4.99 Å². The molecule has 0 saturated heterocycles. The zero-order chi connectivity index (χ0) is 29.7. The zero-order valence-electron chi connectivity index (χ0n) is 23.5. The van der Waals surface area contributed by atoms with Gasteiger partial charge in [0.1, 0.15) is 16.3 Å². The number of carbonyl (C=O) groups excluding carboxylic acids is 2. The Labute approximate surface area is 246 Å². The average Bonchev–Trinajstić information content (AvgIpc) is 3.38. The van der Waals surface area contributed by atoms with Crippen LogP contribution in [0.15, 0.2) is 52.4 Å². The smallest absolute Gasteiger partial charge is 0.416 e. The van der Waals surface area contributed by atoms with Crippen LogP contribution < -0.4 is 0 Å². The van der Waals surface area contributed by atoms with Gasteiger partial charge in [-0.3, -0.25) is 14.7 Å². The Hall–Kier alpha value is -2.66. The fourth-order valence-corrected chi connectivity index (χ4v) is 5.99. The maximum Gasteiger partial charge on any atom is 0.416 e. The van der Waals surface area contributed by atoms with Crippen molar-refractivity contribution in [2.45, 2.75) is 50.5 Å². The van der Waals surface area contributed by atoms with Crippen molar-refractivity contribution in [3.8, 4) is 0 Å². The molecule has 12 heteroatoms. The molecule has 0 radical (unpaired) electrons. The van der Waals surface area contributed by atoms with Crippen LogP contribution in [0.25, 0.3) is 0 Å². The summed E-state index contributed by atoms with van der Waals surface area (Å²) in [5.41, 5.74) is 1.28. The summed E-state index contributed by atoms with van der Waals surface area (Å²) in [6.07, 6.45) is 0.804. The predicted molar refractivity (Wildman–Crippen MR) is 158 cm³/mol. The van der Waals surface area contributed by atoms with Gasteiger partial charge in [0, 0.05) is 39.2 Å². The van der Waals surface area contributed by atoms with Crippen molar-refractivity contribution in [1.29, 1.82) is 0 Å². The van der Waals surface area contributed by atoms with E-state index in [1.807, 2.05) is 45.0 Å². The van der Waals surface area contributed by atoms with Gasteiger partial charge in [-0.15, -0.1) is 0 Å². The number of hydrogen-bond acceptors (Lipinski definition) is 6. The summed E-state index contributed by atoms with van der Waals surface area (Å²) in [5.74, 6) is 0.522. The Morgan fingerprint density at radius 1 is 1.05 bits per heavy atom.